The average Bonchev–Trinajstić information content (AvgIpc) is 3.59. The first-order valence-electron chi connectivity index (χ1n) is 14.0. The predicted molar refractivity (Wildman–Crippen MR) is 137 cm³/mol. The van der Waals surface area contributed by atoms with Crippen LogP contribution < -0.4 is 0 Å². The molecule has 198 valence electrons. The summed E-state index contributed by atoms with van der Waals surface area (Å²) < 4.78 is 8.22. The first kappa shape index (κ1) is 25.4. The molecule has 36 heavy (non-hydrogen) atoms. The highest BCUT2D eigenvalue weighted by molar-refractivity contribution is 5.78. The van der Waals surface area contributed by atoms with Crippen molar-refractivity contribution in [3.63, 3.8) is 0 Å². The van der Waals surface area contributed by atoms with E-state index in [0.29, 0.717) is 18.3 Å². The number of amides is 1. The van der Waals surface area contributed by atoms with Crippen molar-refractivity contribution >= 4 is 5.91 Å². The average molecular weight is 498 g/mol. The largest absolute Gasteiger partial charge is 0.423 e. The molecule has 0 aromatic carbocycles. The summed E-state index contributed by atoms with van der Waals surface area (Å²) >= 11 is 0. The molecule has 0 saturated carbocycles. The number of nitrogens with zero attached hydrogens (tertiary/aromatic N) is 7. The molecule has 1 spiro atoms. The van der Waals surface area contributed by atoms with Gasteiger partial charge in [0.2, 0.25) is 17.7 Å². The van der Waals surface area contributed by atoms with Crippen molar-refractivity contribution in [1.82, 2.24) is 34.7 Å². The highest BCUT2D eigenvalue weighted by atomic mass is 16.4. The van der Waals surface area contributed by atoms with Crippen LogP contribution in [0.3, 0.4) is 0 Å². The summed E-state index contributed by atoms with van der Waals surface area (Å²) in [6.07, 6.45) is 8.74. The number of likely N-dealkylation sites (tertiary alicyclic amines) is 3. The Morgan fingerprint density at radius 2 is 1.89 bits per heavy atom. The number of rotatable bonds is 7. The van der Waals surface area contributed by atoms with E-state index in [0.717, 1.165) is 77.9 Å². The first-order valence-corrected chi connectivity index (χ1v) is 14.0. The highest BCUT2D eigenvalue weighted by Gasteiger charge is 2.48. The van der Waals surface area contributed by atoms with E-state index in [1.807, 2.05) is 6.20 Å². The molecule has 1 unspecified atom stereocenters. The van der Waals surface area contributed by atoms with Gasteiger partial charge < -0.3 is 9.32 Å². The predicted octanol–water partition coefficient (Wildman–Crippen LogP) is 3.76. The molecule has 5 rings (SSSR count). The second kappa shape index (κ2) is 10.6. The van der Waals surface area contributed by atoms with Gasteiger partial charge in [0.15, 0.2) is 0 Å². The number of hydrogen-bond donors (Lipinski definition) is 0. The fourth-order valence-corrected chi connectivity index (χ4v) is 6.33. The number of aromatic nitrogens is 4. The van der Waals surface area contributed by atoms with Gasteiger partial charge in [-0.05, 0) is 70.9 Å². The third kappa shape index (κ3) is 5.23. The topological polar surface area (TPSA) is 83.5 Å². The number of piperidine rings is 2. The van der Waals surface area contributed by atoms with E-state index in [9.17, 15) is 4.79 Å². The molecular formula is C27H43N7O2. The van der Waals surface area contributed by atoms with Gasteiger partial charge in [0, 0.05) is 49.9 Å². The first-order chi connectivity index (χ1) is 17.4. The van der Waals surface area contributed by atoms with E-state index < -0.39 is 0 Å². The Kier molecular flexibility index (Phi) is 7.49. The van der Waals surface area contributed by atoms with Gasteiger partial charge in [0.05, 0.1) is 18.8 Å². The Morgan fingerprint density at radius 1 is 1.14 bits per heavy atom. The van der Waals surface area contributed by atoms with E-state index >= 15 is 0 Å². The highest BCUT2D eigenvalue weighted by Crippen LogP contribution is 2.49. The summed E-state index contributed by atoms with van der Waals surface area (Å²) in [5, 5.41) is 13.3. The summed E-state index contributed by atoms with van der Waals surface area (Å²) in [4.78, 5) is 20.2. The second-order valence-electron chi connectivity index (χ2n) is 11.5. The van der Waals surface area contributed by atoms with Crippen molar-refractivity contribution < 1.29 is 9.21 Å². The molecule has 2 aromatic heterocycles. The Labute approximate surface area is 215 Å². The lowest BCUT2D eigenvalue weighted by atomic mass is 9.76. The monoisotopic (exact) mass is 497 g/mol. The number of carbonyl (C=O) groups excluding carboxylic acids is 1. The molecule has 9 heteroatoms. The van der Waals surface area contributed by atoms with Crippen LogP contribution in [0.4, 0.5) is 0 Å². The zero-order valence-electron chi connectivity index (χ0n) is 22.6. The molecule has 1 atom stereocenters. The van der Waals surface area contributed by atoms with E-state index in [-0.39, 0.29) is 23.3 Å². The fourth-order valence-electron chi connectivity index (χ4n) is 6.33. The molecule has 3 saturated heterocycles. The van der Waals surface area contributed by atoms with Crippen LogP contribution in [0.15, 0.2) is 10.6 Å². The molecular weight excluding hydrogens is 454 g/mol. The zero-order valence-corrected chi connectivity index (χ0v) is 22.6. The Balaban J connectivity index is 1.28. The summed E-state index contributed by atoms with van der Waals surface area (Å²) in [5.41, 5.74) is 2.80. The smallest absolute Gasteiger partial charge is 0.236 e. The van der Waals surface area contributed by atoms with Gasteiger partial charge in [-0.25, -0.2) is 0 Å². The van der Waals surface area contributed by atoms with Gasteiger partial charge in [-0.15, -0.1) is 10.2 Å². The van der Waals surface area contributed by atoms with Gasteiger partial charge in [0.1, 0.15) is 0 Å². The van der Waals surface area contributed by atoms with Gasteiger partial charge in [-0.2, -0.15) is 5.10 Å². The summed E-state index contributed by atoms with van der Waals surface area (Å²) in [6, 6.07) is 0.0234. The molecule has 1 amide bonds. The lowest BCUT2D eigenvalue weighted by Crippen LogP contribution is -2.44. The molecule has 3 fully saturated rings. The van der Waals surface area contributed by atoms with Gasteiger partial charge in [-0.1, -0.05) is 13.8 Å². The standard InChI is InChI=1S/C27H43N7O2/c1-5-34-21(4)22(16-28-34)17-31-13-9-27(10-14-31)15-23(26-30-29-25(36-26)20(2)3)33(19-27)18-24(35)32-11-7-6-8-12-32/h16,20,23H,5-15,17-19H2,1-4H3. The number of hydrogen-bond acceptors (Lipinski definition) is 7. The van der Waals surface area contributed by atoms with Crippen LogP contribution in [0.1, 0.15) is 94.3 Å². The third-order valence-corrected chi connectivity index (χ3v) is 8.70. The molecule has 5 heterocycles. The van der Waals surface area contributed by atoms with Crippen molar-refractivity contribution in [1.29, 1.82) is 0 Å². The van der Waals surface area contributed by atoms with Crippen LogP contribution in [0.5, 0.6) is 0 Å². The minimum absolute atomic E-state index is 0.0234. The maximum absolute atomic E-state index is 13.2. The van der Waals surface area contributed by atoms with E-state index in [1.54, 1.807) is 0 Å². The molecule has 0 N–H and O–H groups in total. The van der Waals surface area contributed by atoms with Crippen molar-refractivity contribution in [3.8, 4) is 0 Å². The van der Waals surface area contributed by atoms with Crippen molar-refractivity contribution in [3.05, 3.63) is 29.2 Å². The van der Waals surface area contributed by atoms with Crippen LogP contribution >= 0.6 is 0 Å². The molecule has 3 aliphatic rings. The van der Waals surface area contributed by atoms with Crippen LogP contribution in [-0.2, 0) is 17.9 Å². The molecule has 0 bridgehead atoms. The molecule has 0 aliphatic carbocycles. The van der Waals surface area contributed by atoms with Crippen molar-refractivity contribution in [2.24, 2.45) is 5.41 Å². The van der Waals surface area contributed by atoms with E-state index in [2.05, 4.69) is 62.4 Å². The number of carbonyl (C=O) groups is 1. The number of aryl methyl sites for hydroxylation is 1. The fraction of sp³-hybridized carbons (Fsp3) is 0.778. The van der Waals surface area contributed by atoms with E-state index in [4.69, 9.17) is 4.42 Å². The van der Waals surface area contributed by atoms with Crippen LogP contribution in [0.25, 0.3) is 0 Å². The van der Waals surface area contributed by atoms with Crippen molar-refractivity contribution in [2.45, 2.75) is 91.3 Å². The molecule has 0 radical (unpaired) electrons. The third-order valence-electron chi connectivity index (χ3n) is 8.70. The SMILES string of the molecule is CCn1ncc(CN2CCC3(CC2)CC(c2nnc(C(C)C)o2)N(CC(=O)N2CCCCC2)C3)c1C. The normalized spacial score (nSPS) is 23.2. The Bertz CT molecular complexity index is 1030. The van der Waals surface area contributed by atoms with Crippen molar-refractivity contribution in [2.75, 3.05) is 39.3 Å². The minimum atomic E-state index is 0.0234. The van der Waals surface area contributed by atoms with Gasteiger partial charge in [0.25, 0.3) is 0 Å². The Morgan fingerprint density at radius 3 is 2.53 bits per heavy atom. The zero-order chi connectivity index (χ0) is 25.3. The second-order valence-corrected chi connectivity index (χ2v) is 11.5. The molecule has 3 aliphatic heterocycles. The summed E-state index contributed by atoms with van der Waals surface area (Å²) in [7, 11) is 0. The van der Waals surface area contributed by atoms with Crippen LogP contribution in [0.2, 0.25) is 0 Å². The van der Waals surface area contributed by atoms with Crippen LogP contribution in [-0.4, -0.2) is 79.9 Å². The lowest BCUT2D eigenvalue weighted by Gasteiger charge is -2.39. The van der Waals surface area contributed by atoms with Gasteiger partial charge >= 0.3 is 0 Å². The minimum Gasteiger partial charge on any atom is -0.423 e. The molecule has 2 aromatic rings. The van der Waals surface area contributed by atoms with Gasteiger partial charge in [-0.3, -0.25) is 19.3 Å². The van der Waals surface area contributed by atoms with E-state index in [1.165, 1.54) is 17.7 Å². The summed E-state index contributed by atoms with van der Waals surface area (Å²) in [5.74, 6) is 1.83. The quantitative estimate of drug-likeness (QED) is 0.576. The maximum atomic E-state index is 13.2. The maximum Gasteiger partial charge on any atom is 0.236 e. The summed E-state index contributed by atoms with van der Waals surface area (Å²) in [6.45, 7) is 15.6. The molecule has 9 nitrogen and oxygen atoms in total. The lowest BCUT2D eigenvalue weighted by molar-refractivity contribution is -0.133. The Hall–Kier alpha value is -2.26. The van der Waals surface area contributed by atoms with Crippen LogP contribution in [0, 0.1) is 12.3 Å².